The molecule has 1 N–H and O–H groups in total. The molecule has 0 saturated heterocycles. The maximum atomic E-state index is 12.7. The topological polar surface area (TPSA) is 131 Å². The Morgan fingerprint density at radius 2 is 1.16 bits per heavy atom. The predicted octanol–water partition coefficient (Wildman–Crippen LogP) is 10.5. The number of nitrogens with zero attached hydrogens (tertiary/aromatic N) is 1. The molecule has 0 amide bonds. The lowest BCUT2D eigenvalue weighted by atomic mass is 10.1. The summed E-state index contributed by atoms with van der Waals surface area (Å²) in [6.45, 7) is 4.04. The number of allylic oxidation sites excluding steroid dienone is 5. The van der Waals surface area contributed by atoms with Crippen molar-refractivity contribution in [3.63, 3.8) is 0 Å². The smallest absolute Gasteiger partial charge is 0.306 e. The molecule has 11 heteroatoms. The number of phosphoric acid groups is 1. The van der Waals surface area contributed by atoms with Gasteiger partial charge in [0.15, 0.2) is 6.10 Å². The first-order valence-electron chi connectivity index (χ1n) is 21.8. The highest BCUT2D eigenvalue weighted by Gasteiger charge is 2.21. The van der Waals surface area contributed by atoms with E-state index in [0.29, 0.717) is 23.9 Å². The van der Waals surface area contributed by atoms with Gasteiger partial charge >= 0.3 is 11.9 Å². The van der Waals surface area contributed by atoms with Crippen molar-refractivity contribution in [1.82, 2.24) is 0 Å². The van der Waals surface area contributed by atoms with Crippen molar-refractivity contribution in [2.24, 2.45) is 0 Å². The largest absolute Gasteiger partial charge is 0.756 e. The van der Waals surface area contributed by atoms with Gasteiger partial charge in [-0.25, -0.2) is 0 Å². The van der Waals surface area contributed by atoms with Crippen LogP contribution in [0.15, 0.2) is 36.5 Å². The van der Waals surface area contributed by atoms with Gasteiger partial charge in [-0.3, -0.25) is 14.2 Å². The van der Waals surface area contributed by atoms with E-state index in [1.165, 1.54) is 44.9 Å². The van der Waals surface area contributed by atoms with Crippen LogP contribution in [-0.4, -0.2) is 81.2 Å². The molecule has 322 valence electrons. The van der Waals surface area contributed by atoms with Crippen LogP contribution >= 0.6 is 7.82 Å². The maximum Gasteiger partial charge on any atom is 0.306 e. The molecule has 0 fully saturated rings. The highest BCUT2D eigenvalue weighted by molar-refractivity contribution is 7.45. The summed E-state index contributed by atoms with van der Waals surface area (Å²) >= 11 is 0. The van der Waals surface area contributed by atoms with E-state index in [2.05, 4.69) is 32.1 Å². The first kappa shape index (κ1) is 53.2. The molecule has 0 aliphatic rings. The first-order chi connectivity index (χ1) is 26.4. The Balaban J connectivity index is 4.45. The second-order valence-electron chi connectivity index (χ2n) is 15.9. The van der Waals surface area contributed by atoms with Gasteiger partial charge in [0.2, 0.25) is 0 Å². The number of aliphatic hydroxyl groups is 1. The summed E-state index contributed by atoms with van der Waals surface area (Å²) in [7, 11) is 1.11. The molecule has 0 rings (SSSR count). The summed E-state index contributed by atoms with van der Waals surface area (Å²) in [5.41, 5.74) is 0. The van der Waals surface area contributed by atoms with E-state index >= 15 is 0 Å². The number of hydrogen-bond acceptors (Lipinski definition) is 9. The van der Waals surface area contributed by atoms with Crippen molar-refractivity contribution in [3.05, 3.63) is 36.5 Å². The molecule has 0 aromatic heterocycles. The average Bonchev–Trinajstić information content (AvgIpc) is 3.12. The predicted molar refractivity (Wildman–Crippen MR) is 223 cm³/mol. The summed E-state index contributed by atoms with van der Waals surface area (Å²) in [5, 5.41) is 9.93. The zero-order chi connectivity index (χ0) is 40.9. The minimum atomic E-state index is -4.64. The average molecular weight is 800 g/mol. The molecule has 3 unspecified atom stereocenters. The van der Waals surface area contributed by atoms with E-state index in [0.717, 1.165) is 89.9 Å². The standard InChI is InChI=1S/C44H82NO9P/c1-6-8-10-11-12-13-14-15-16-17-18-21-24-27-31-35-43(47)51-39-42(40-53-55(49,50)52-38-37-45(3,4)5)54-44(48)36-32-28-25-22-19-20-23-26-30-34-41(46)33-29-9-7-2/h15-16,23,26,30,34,41-42,46H,6-14,17-22,24-25,27-29,31-33,35-40H2,1-5H3/b16-15-,26-23-,34-30+. The van der Waals surface area contributed by atoms with Crippen LogP contribution in [0.2, 0.25) is 0 Å². The highest BCUT2D eigenvalue weighted by Crippen LogP contribution is 2.38. The summed E-state index contributed by atoms with van der Waals surface area (Å²) < 4.78 is 33.8. The summed E-state index contributed by atoms with van der Waals surface area (Å²) in [6, 6.07) is 0. The van der Waals surface area contributed by atoms with Gasteiger partial charge in [0, 0.05) is 12.8 Å². The van der Waals surface area contributed by atoms with Crippen LogP contribution in [0.5, 0.6) is 0 Å². The Kier molecular flexibility index (Phi) is 35.3. The number of esters is 2. The zero-order valence-electron chi connectivity index (χ0n) is 35.7. The summed E-state index contributed by atoms with van der Waals surface area (Å²) in [4.78, 5) is 37.5. The molecular weight excluding hydrogens is 717 g/mol. The van der Waals surface area contributed by atoms with Crippen molar-refractivity contribution in [1.29, 1.82) is 0 Å². The van der Waals surface area contributed by atoms with Crippen LogP contribution in [0.3, 0.4) is 0 Å². The lowest BCUT2D eigenvalue weighted by molar-refractivity contribution is -0.870. The fourth-order valence-electron chi connectivity index (χ4n) is 5.73. The van der Waals surface area contributed by atoms with Gasteiger partial charge in [-0.2, -0.15) is 0 Å². The van der Waals surface area contributed by atoms with Crippen LogP contribution in [0.25, 0.3) is 0 Å². The van der Waals surface area contributed by atoms with Crippen molar-refractivity contribution in [2.45, 2.75) is 187 Å². The third kappa shape index (κ3) is 40.2. The Morgan fingerprint density at radius 1 is 0.655 bits per heavy atom. The van der Waals surface area contributed by atoms with Crippen LogP contribution in [0.4, 0.5) is 0 Å². The van der Waals surface area contributed by atoms with Crippen LogP contribution in [0.1, 0.15) is 174 Å². The number of aliphatic hydroxyl groups excluding tert-OH is 1. The van der Waals surface area contributed by atoms with E-state index in [1.807, 2.05) is 39.4 Å². The Hall–Kier alpha value is -1.81. The van der Waals surface area contributed by atoms with Crippen molar-refractivity contribution in [2.75, 3.05) is 47.5 Å². The third-order valence-electron chi connectivity index (χ3n) is 9.24. The molecule has 0 bridgehead atoms. The molecule has 10 nitrogen and oxygen atoms in total. The van der Waals surface area contributed by atoms with Crippen molar-refractivity contribution < 1.29 is 47.2 Å². The lowest BCUT2D eigenvalue weighted by Crippen LogP contribution is -2.37. The van der Waals surface area contributed by atoms with E-state index in [9.17, 15) is 24.2 Å². The van der Waals surface area contributed by atoms with E-state index < -0.39 is 32.5 Å². The second kappa shape index (κ2) is 36.5. The van der Waals surface area contributed by atoms with Crippen molar-refractivity contribution >= 4 is 19.8 Å². The van der Waals surface area contributed by atoms with Crippen LogP contribution in [-0.2, 0) is 32.7 Å². The molecule has 0 saturated carbocycles. The van der Waals surface area contributed by atoms with Gasteiger partial charge in [0.25, 0.3) is 7.82 Å². The quantitative estimate of drug-likeness (QED) is 0.0161. The van der Waals surface area contributed by atoms with Crippen LogP contribution in [0, 0.1) is 0 Å². The SMILES string of the molecule is CCCCCCCC/C=C\CCCCCCCC(=O)OCC(COP(=O)([O-])OCC[N+](C)(C)C)OC(=O)CCCCCCC/C=C\C=C\C(O)CCCCC. The van der Waals surface area contributed by atoms with Gasteiger partial charge in [0.05, 0.1) is 33.9 Å². The van der Waals surface area contributed by atoms with E-state index in [-0.39, 0.29) is 32.2 Å². The zero-order valence-corrected chi connectivity index (χ0v) is 36.6. The van der Waals surface area contributed by atoms with E-state index in [1.54, 1.807) is 0 Å². The minimum absolute atomic E-state index is 0.0453. The molecule has 0 radical (unpaired) electrons. The van der Waals surface area contributed by atoms with E-state index in [4.69, 9.17) is 18.5 Å². The van der Waals surface area contributed by atoms with Gasteiger partial charge in [0.1, 0.15) is 19.8 Å². The molecule has 0 aromatic rings. The number of hydrogen-bond donors (Lipinski definition) is 1. The second-order valence-corrected chi connectivity index (χ2v) is 17.3. The fraction of sp³-hybridized carbons (Fsp3) is 0.818. The fourth-order valence-corrected chi connectivity index (χ4v) is 6.45. The molecular formula is C44H82NO9P. The number of carbonyl (C=O) groups is 2. The third-order valence-corrected chi connectivity index (χ3v) is 10.2. The molecule has 0 aliphatic carbocycles. The first-order valence-corrected chi connectivity index (χ1v) is 23.3. The number of carbonyl (C=O) groups excluding carboxylic acids is 2. The molecule has 0 heterocycles. The van der Waals surface area contributed by atoms with Gasteiger partial charge in [-0.1, -0.05) is 140 Å². The summed E-state index contributed by atoms with van der Waals surface area (Å²) in [6.07, 6.45) is 36.3. The lowest BCUT2D eigenvalue weighted by Gasteiger charge is -2.28. The number of ether oxygens (including phenoxy) is 2. The molecule has 55 heavy (non-hydrogen) atoms. The Morgan fingerprint density at radius 3 is 1.75 bits per heavy atom. The van der Waals surface area contributed by atoms with Crippen LogP contribution < -0.4 is 4.89 Å². The normalized spacial score (nSPS) is 14.5. The number of rotatable bonds is 39. The number of likely N-dealkylation sites (N-methyl/N-ethyl adjacent to an activating group) is 1. The van der Waals surface area contributed by atoms with Crippen molar-refractivity contribution in [3.8, 4) is 0 Å². The van der Waals surface area contributed by atoms with Gasteiger partial charge in [-0.05, 0) is 57.8 Å². The molecule has 0 spiro atoms. The molecule has 0 aromatic carbocycles. The maximum absolute atomic E-state index is 12.7. The number of phosphoric ester groups is 1. The summed E-state index contributed by atoms with van der Waals surface area (Å²) in [5.74, 6) is -0.894. The monoisotopic (exact) mass is 800 g/mol. The number of unbranched alkanes of at least 4 members (excludes halogenated alkanes) is 18. The molecule has 0 aliphatic heterocycles. The Bertz CT molecular complexity index is 1060. The minimum Gasteiger partial charge on any atom is -0.756 e. The number of quaternary nitrogens is 1. The Labute approximate surface area is 336 Å². The molecule has 3 atom stereocenters. The van der Waals surface area contributed by atoms with Gasteiger partial charge < -0.3 is 33.0 Å². The highest BCUT2D eigenvalue weighted by atomic mass is 31.2. The van der Waals surface area contributed by atoms with Gasteiger partial charge in [-0.15, -0.1) is 0 Å².